The summed E-state index contributed by atoms with van der Waals surface area (Å²) in [5.74, 6) is -0.846. The molecule has 2 aliphatic rings. The van der Waals surface area contributed by atoms with Gasteiger partial charge in [0, 0.05) is 6.04 Å². The van der Waals surface area contributed by atoms with Crippen molar-refractivity contribution in [1.29, 1.82) is 0 Å². The standard InChI is InChI=1S/C14H17NO2/c15-12-4-7-14(5-1-6-14)11-8-9(13(16)17)2-3-10(11)12/h2-3,8,12H,1,4-7,15H2,(H,16,17). The summed E-state index contributed by atoms with van der Waals surface area (Å²) in [7, 11) is 0. The monoisotopic (exact) mass is 231 g/mol. The van der Waals surface area contributed by atoms with Crippen molar-refractivity contribution < 1.29 is 9.90 Å². The number of carboxylic acid groups (broad SMARTS) is 1. The molecule has 1 fully saturated rings. The van der Waals surface area contributed by atoms with Gasteiger partial charge in [-0.15, -0.1) is 0 Å². The van der Waals surface area contributed by atoms with E-state index in [2.05, 4.69) is 0 Å². The Labute approximate surface area is 101 Å². The second kappa shape index (κ2) is 3.57. The summed E-state index contributed by atoms with van der Waals surface area (Å²) in [6.45, 7) is 0. The molecule has 0 saturated heterocycles. The minimum atomic E-state index is -0.846. The lowest BCUT2D eigenvalue weighted by Gasteiger charge is -2.48. The van der Waals surface area contributed by atoms with Crippen LogP contribution in [0.25, 0.3) is 0 Å². The molecule has 0 radical (unpaired) electrons. The van der Waals surface area contributed by atoms with Gasteiger partial charge in [-0.25, -0.2) is 4.79 Å². The second-order valence-corrected chi connectivity index (χ2v) is 5.39. The van der Waals surface area contributed by atoms with E-state index in [0.29, 0.717) is 5.56 Å². The van der Waals surface area contributed by atoms with Gasteiger partial charge >= 0.3 is 5.97 Å². The third-order valence-corrected chi connectivity index (χ3v) is 4.52. The zero-order chi connectivity index (χ0) is 12.0. The summed E-state index contributed by atoms with van der Waals surface area (Å²) in [6, 6.07) is 5.54. The van der Waals surface area contributed by atoms with Crippen LogP contribution in [-0.4, -0.2) is 11.1 Å². The van der Waals surface area contributed by atoms with Gasteiger partial charge in [0.25, 0.3) is 0 Å². The largest absolute Gasteiger partial charge is 0.478 e. The fourth-order valence-corrected chi connectivity index (χ4v) is 3.32. The Morgan fingerprint density at radius 2 is 2.12 bits per heavy atom. The van der Waals surface area contributed by atoms with Crippen LogP contribution in [0.15, 0.2) is 18.2 Å². The first-order valence-electron chi connectivity index (χ1n) is 6.26. The molecule has 1 saturated carbocycles. The van der Waals surface area contributed by atoms with Crippen LogP contribution in [-0.2, 0) is 5.41 Å². The number of carbonyl (C=O) groups is 1. The van der Waals surface area contributed by atoms with E-state index in [0.717, 1.165) is 12.8 Å². The van der Waals surface area contributed by atoms with Crippen LogP contribution >= 0.6 is 0 Å². The average Bonchev–Trinajstić information content (AvgIpc) is 2.27. The molecule has 0 heterocycles. The van der Waals surface area contributed by atoms with E-state index in [1.807, 2.05) is 12.1 Å². The lowest BCUT2D eigenvalue weighted by Crippen LogP contribution is -2.40. The van der Waals surface area contributed by atoms with E-state index < -0.39 is 5.97 Å². The van der Waals surface area contributed by atoms with E-state index in [9.17, 15) is 4.79 Å². The molecule has 17 heavy (non-hydrogen) atoms. The molecule has 0 amide bonds. The molecule has 3 nitrogen and oxygen atoms in total. The summed E-state index contributed by atoms with van der Waals surface area (Å²) >= 11 is 0. The Kier molecular flexibility index (Phi) is 2.26. The molecule has 90 valence electrons. The molecule has 1 aromatic carbocycles. The molecule has 3 N–H and O–H groups in total. The van der Waals surface area contributed by atoms with Crippen molar-refractivity contribution >= 4 is 5.97 Å². The predicted molar refractivity (Wildman–Crippen MR) is 65.1 cm³/mol. The van der Waals surface area contributed by atoms with Gasteiger partial charge in [0.05, 0.1) is 5.56 Å². The number of aromatic carboxylic acids is 1. The van der Waals surface area contributed by atoms with Crippen molar-refractivity contribution in [3.8, 4) is 0 Å². The zero-order valence-corrected chi connectivity index (χ0v) is 9.78. The number of rotatable bonds is 1. The normalized spacial score (nSPS) is 25.1. The molecule has 1 spiro atoms. The van der Waals surface area contributed by atoms with Gasteiger partial charge in [-0.2, -0.15) is 0 Å². The minimum Gasteiger partial charge on any atom is -0.478 e. The van der Waals surface area contributed by atoms with Crippen LogP contribution in [0.3, 0.4) is 0 Å². The topological polar surface area (TPSA) is 63.3 Å². The summed E-state index contributed by atoms with van der Waals surface area (Å²) < 4.78 is 0. The Balaban J connectivity index is 2.13. The maximum absolute atomic E-state index is 11.1. The van der Waals surface area contributed by atoms with Gasteiger partial charge < -0.3 is 10.8 Å². The molecule has 3 heteroatoms. The van der Waals surface area contributed by atoms with E-state index in [-0.39, 0.29) is 11.5 Å². The van der Waals surface area contributed by atoms with Crippen molar-refractivity contribution in [2.24, 2.45) is 5.73 Å². The van der Waals surface area contributed by atoms with Crippen LogP contribution < -0.4 is 5.73 Å². The van der Waals surface area contributed by atoms with E-state index in [4.69, 9.17) is 10.8 Å². The summed E-state index contributed by atoms with van der Waals surface area (Å²) in [6.07, 6.45) is 5.78. The van der Waals surface area contributed by atoms with Crippen LogP contribution in [0, 0.1) is 0 Å². The number of nitrogens with two attached hydrogens (primary N) is 1. The molecule has 0 aliphatic heterocycles. The van der Waals surface area contributed by atoms with Crippen molar-refractivity contribution in [2.45, 2.75) is 43.6 Å². The Morgan fingerprint density at radius 3 is 2.71 bits per heavy atom. The van der Waals surface area contributed by atoms with Crippen LogP contribution in [0.1, 0.15) is 59.6 Å². The van der Waals surface area contributed by atoms with Gasteiger partial charge in [0.1, 0.15) is 0 Å². The Morgan fingerprint density at radius 1 is 1.35 bits per heavy atom. The van der Waals surface area contributed by atoms with E-state index in [1.54, 1.807) is 6.07 Å². The average molecular weight is 231 g/mol. The molecule has 0 bridgehead atoms. The first-order chi connectivity index (χ1) is 8.12. The SMILES string of the molecule is NC1CCC2(CCC2)c2cc(C(=O)O)ccc21. The van der Waals surface area contributed by atoms with Gasteiger partial charge in [-0.3, -0.25) is 0 Å². The molecule has 2 aliphatic carbocycles. The third kappa shape index (κ3) is 1.49. The van der Waals surface area contributed by atoms with Crippen LogP contribution in [0.4, 0.5) is 0 Å². The molecular weight excluding hydrogens is 214 g/mol. The number of benzene rings is 1. The molecule has 1 unspecified atom stereocenters. The quantitative estimate of drug-likeness (QED) is 0.780. The lowest BCUT2D eigenvalue weighted by atomic mass is 9.57. The van der Waals surface area contributed by atoms with Gasteiger partial charge in [-0.05, 0) is 54.4 Å². The fraction of sp³-hybridized carbons (Fsp3) is 0.500. The molecule has 1 aromatic rings. The zero-order valence-electron chi connectivity index (χ0n) is 9.78. The first-order valence-corrected chi connectivity index (χ1v) is 6.26. The molecule has 3 rings (SSSR count). The van der Waals surface area contributed by atoms with Crippen molar-refractivity contribution in [3.63, 3.8) is 0 Å². The Bertz CT molecular complexity index is 477. The maximum atomic E-state index is 11.1. The summed E-state index contributed by atoms with van der Waals surface area (Å²) in [5, 5.41) is 9.08. The smallest absolute Gasteiger partial charge is 0.335 e. The predicted octanol–water partition coefficient (Wildman–Crippen LogP) is 2.60. The number of carboxylic acids is 1. The van der Waals surface area contributed by atoms with Crippen LogP contribution in [0.2, 0.25) is 0 Å². The highest BCUT2D eigenvalue weighted by molar-refractivity contribution is 5.88. The van der Waals surface area contributed by atoms with Gasteiger partial charge in [0.15, 0.2) is 0 Å². The lowest BCUT2D eigenvalue weighted by molar-refractivity contribution is 0.0696. The van der Waals surface area contributed by atoms with Crippen molar-refractivity contribution in [1.82, 2.24) is 0 Å². The van der Waals surface area contributed by atoms with Crippen molar-refractivity contribution in [2.75, 3.05) is 0 Å². The summed E-state index contributed by atoms with van der Waals surface area (Å²) in [4.78, 5) is 11.1. The maximum Gasteiger partial charge on any atom is 0.335 e. The van der Waals surface area contributed by atoms with Gasteiger partial charge in [-0.1, -0.05) is 12.5 Å². The molecule has 1 atom stereocenters. The van der Waals surface area contributed by atoms with E-state index in [1.165, 1.54) is 30.4 Å². The molecular formula is C14H17NO2. The van der Waals surface area contributed by atoms with Gasteiger partial charge in [0.2, 0.25) is 0 Å². The third-order valence-electron chi connectivity index (χ3n) is 4.52. The molecule has 0 aromatic heterocycles. The fourth-order valence-electron chi connectivity index (χ4n) is 3.32. The second-order valence-electron chi connectivity index (χ2n) is 5.39. The van der Waals surface area contributed by atoms with E-state index >= 15 is 0 Å². The highest BCUT2D eigenvalue weighted by Crippen LogP contribution is 2.53. The van der Waals surface area contributed by atoms with Crippen LogP contribution in [0.5, 0.6) is 0 Å². The number of hydrogen-bond donors (Lipinski definition) is 2. The Hall–Kier alpha value is -1.35. The highest BCUT2D eigenvalue weighted by Gasteiger charge is 2.43. The minimum absolute atomic E-state index is 0.0825. The highest BCUT2D eigenvalue weighted by atomic mass is 16.4. The number of fused-ring (bicyclic) bond motifs is 2. The summed E-state index contributed by atoms with van der Waals surface area (Å²) in [5.41, 5.74) is 9.14. The number of hydrogen-bond acceptors (Lipinski definition) is 2. The van der Waals surface area contributed by atoms with Crippen molar-refractivity contribution in [3.05, 3.63) is 34.9 Å². The first kappa shape index (κ1) is 10.8.